The number of carboxylic acids is 1. The molecule has 0 rings (SSSR count). The second-order valence-corrected chi connectivity index (χ2v) is 9.03. The molecule has 2 amide bonds. The van der Waals surface area contributed by atoms with Gasteiger partial charge in [-0.25, -0.2) is 4.79 Å². The van der Waals surface area contributed by atoms with Crippen molar-refractivity contribution in [3.8, 4) is 0 Å². The molecule has 0 spiro atoms. The summed E-state index contributed by atoms with van der Waals surface area (Å²) in [5, 5.41) is 34.1. The maximum Gasteiger partial charge on any atom is 0.328 e. The minimum absolute atomic E-state index is 0.0263. The third-order valence-electron chi connectivity index (χ3n) is 5.61. The van der Waals surface area contributed by atoms with Crippen LogP contribution in [0.25, 0.3) is 0 Å². The molecule has 0 aliphatic rings. The van der Waals surface area contributed by atoms with Gasteiger partial charge in [0, 0.05) is 25.6 Å². The molecule has 0 fully saturated rings. The summed E-state index contributed by atoms with van der Waals surface area (Å²) in [7, 11) is 0. The van der Waals surface area contributed by atoms with E-state index in [0.717, 1.165) is 30.9 Å². The average Bonchev–Trinajstić information content (AvgIpc) is 2.87. The molecule has 0 heterocycles. The number of allylic oxidation sites excluding steroid dienone is 6. The second kappa shape index (κ2) is 22.2. The standard InChI is InChI=1S/C29H46N2O6/c1-4-5-6-9-12-15-25(32)19-17-23(2)18-20-27(34)31-22-26(33)24(3)29(37)30-21-14-11-8-7-10-13-16-28(35)36/h7-8,10-11,13,16-19,24-26,32-33H,4-6,9,12,14-15,20-22H2,1-3H3,(H,30,37)(H,31,34)(H,35,36)/b10-7+,11-8+,16-13+,19-17+,23-18+/t24-,25?,26-/m0/s1. The van der Waals surface area contributed by atoms with Crippen molar-refractivity contribution >= 4 is 17.8 Å². The molecule has 5 N–H and O–H groups in total. The zero-order valence-corrected chi connectivity index (χ0v) is 22.6. The predicted octanol–water partition coefficient (Wildman–Crippen LogP) is 3.97. The van der Waals surface area contributed by atoms with Crippen molar-refractivity contribution < 1.29 is 29.7 Å². The van der Waals surface area contributed by atoms with Crippen molar-refractivity contribution in [3.05, 3.63) is 60.3 Å². The molecular formula is C29H46N2O6. The zero-order chi connectivity index (χ0) is 27.9. The Labute approximate surface area is 221 Å². The van der Waals surface area contributed by atoms with Crippen LogP contribution in [0.15, 0.2) is 60.3 Å². The highest BCUT2D eigenvalue weighted by Crippen LogP contribution is 2.09. The number of aliphatic hydroxyl groups excluding tert-OH is 2. The lowest BCUT2D eigenvalue weighted by molar-refractivity contribution is -0.131. The quantitative estimate of drug-likeness (QED) is 0.0940. The minimum Gasteiger partial charge on any atom is -0.478 e. The van der Waals surface area contributed by atoms with Crippen molar-refractivity contribution in [2.24, 2.45) is 5.92 Å². The Hall–Kier alpha value is -2.97. The monoisotopic (exact) mass is 518 g/mol. The van der Waals surface area contributed by atoms with E-state index in [0.29, 0.717) is 13.0 Å². The van der Waals surface area contributed by atoms with E-state index in [1.165, 1.54) is 25.3 Å². The van der Waals surface area contributed by atoms with Crippen LogP contribution in [-0.2, 0) is 14.4 Å². The van der Waals surface area contributed by atoms with Crippen molar-refractivity contribution in [1.82, 2.24) is 10.6 Å². The number of hydrogen-bond acceptors (Lipinski definition) is 5. The Morgan fingerprint density at radius 3 is 2.32 bits per heavy atom. The van der Waals surface area contributed by atoms with Crippen molar-refractivity contribution in [1.29, 1.82) is 0 Å². The predicted molar refractivity (Wildman–Crippen MR) is 148 cm³/mol. The van der Waals surface area contributed by atoms with Crippen molar-refractivity contribution in [2.45, 2.75) is 84.3 Å². The zero-order valence-electron chi connectivity index (χ0n) is 22.6. The number of amides is 2. The molecule has 8 heteroatoms. The third kappa shape index (κ3) is 20.9. The van der Waals surface area contributed by atoms with Crippen LogP contribution in [-0.4, -0.2) is 58.4 Å². The van der Waals surface area contributed by atoms with E-state index in [1.54, 1.807) is 37.3 Å². The number of carbonyl (C=O) groups excluding carboxylic acids is 2. The van der Waals surface area contributed by atoms with Crippen LogP contribution in [0.4, 0.5) is 0 Å². The first-order valence-corrected chi connectivity index (χ1v) is 13.2. The number of nitrogens with one attached hydrogen (secondary N) is 2. The lowest BCUT2D eigenvalue weighted by atomic mass is 10.0. The highest BCUT2D eigenvalue weighted by molar-refractivity contribution is 5.80. The molecule has 0 aromatic heterocycles. The number of unbranched alkanes of at least 4 members (excludes halogenated alkanes) is 4. The summed E-state index contributed by atoms with van der Waals surface area (Å²) in [4.78, 5) is 34.6. The van der Waals surface area contributed by atoms with Crippen LogP contribution in [0.2, 0.25) is 0 Å². The molecule has 0 aliphatic heterocycles. The molecule has 3 atom stereocenters. The fourth-order valence-electron chi connectivity index (χ4n) is 3.16. The molecule has 1 unspecified atom stereocenters. The first-order valence-electron chi connectivity index (χ1n) is 13.2. The Morgan fingerprint density at radius 2 is 1.62 bits per heavy atom. The molecule has 0 aromatic carbocycles. The van der Waals surface area contributed by atoms with E-state index in [1.807, 2.05) is 19.1 Å². The molecule has 208 valence electrons. The van der Waals surface area contributed by atoms with Gasteiger partial charge in [-0.1, -0.05) is 100 Å². The number of aliphatic hydroxyl groups is 2. The second-order valence-electron chi connectivity index (χ2n) is 9.03. The summed E-state index contributed by atoms with van der Waals surface area (Å²) in [6.07, 6.45) is 20.3. The molecule has 8 nitrogen and oxygen atoms in total. The molecule has 0 aliphatic carbocycles. The van der Waals surface area contributed by atoms with E-state index < -0.39 is 24.1 Å². The van der Waals surface area contributed by atoms with E-state index in [9.17, 15) is 24.6 Å². The summed E-state index contributed by atoms with van der Waals surface area (Å²) < 4.78 is 0. The largest absolute Gasteiger partial charge is 0.478 e. The maximum absolute atomic E-state index is 12.2. The molecule has 0 aromatic rings. The van der Waals surface area contributed by atoms with Gasteiger partial charge in [-0.3, -0.25) is 9.59 Å². The van der Waals surface area contributed by atoms with Gasteiger partial charge in [0.1, 0.15) is 0 Å². The van der Waals surface area contributed by atoms with Crippen LogP contribution in [0, 0.1) is 5.92 Å². The average molecular weight is 519 g/mol. The van der Waals surface area contributed by atoms with Crippen LogP contribution >= 0.6 is 0 Å². The lowest BCUT2D eigenvalue weighted by Crippen LogP contribution is -2.42. The third-order valence-corrected chi connectivity index (χ3v) is 5.61. The molecule has 0 saturated heterocycles. The fourth-order valence-corrected chi connectivity index (χ4v) is 3.16. The van der Waals surface area contributed by atoms with Crippen LogP contribution < -0.4 is 10.6 Å². The van der Waals surface area contributed by atoms with E-state index in [-0.39, 0.29) is 24.8 Å². The summed E-state index contributed by atoms with van der Waals surface area (Å²) in [6.45, 7) is 6.00. The number of hydrogen-bond donors (Lipinski definition) is 5. The Bertz CT molecular complexity index is 813. The van der Waals surface area contributed by atoms with Gasteiger partial charge < -0.3 is 26.0 Å². The van der Waals surface area contributed by atoms with Gasteiger partial charge in [0.05, 0.1) is 18.1 Å². The van der Waals surface area contributed by atoms with Crippen LogP contribution in [0.1, 0.15) is 72.1 Å². The van der Waals surface area contributed by atoms with Crippen molar-refractivity contribution in [3.63, 3.8) is 0 Å². The number of rotatable bonds is 20. The Balaban J connectivity index is 4.18. The van der Waals surface area contributed by atoms with Gasteiger partial charge in [-0.15, -0.1) is 0 Å². The molecule has 0 bridgehead atoms. The number of carboxylic acid groups (broad SMARTS) is 1. The van der Waals surface area contributed by atoms with E-state index in [4.69, 9.17) is 5.11 Å². The SMILES string of the molecule is CCCCCCCC(O)/C=C/C(C)=C/CC(=O)NC[C@H](O)[C@H](C)C(=O)NCC/C=C/C=C/C=C/C(=O)O. The normalized spacial score (nSPS) is 15.0. The summed E-state index contributed by atoms with van der Waals surface area (Å²) in [5.41, 5.74) is 0.870. The first kappa shape index (κ1) is 34.0. The highest BCUT2D eigenvalue weighted by atomic mass is 16.4. The van der Waals surface area contributed by atoms with E-state index >= 15 is 0 Å². The summed E-state index contributed by atoms with van der Waals surface area (Å²) in [6, 6.07) is 0. The molecule has 0 radical (unpaired) electrons. The van der Waals surface area contributed by atoms with E-state index in [2.05, 4.69) is 17.6 Å². The summed E-state index contributed by atoms with van der Waals surface area (Å²) >= 11 is 0. The smallest absolute Gasteiger partial charge is 0.328 e. The lowest BCUT2D eigenvalue weighted by Gasteiger charge is -2.18. The Morgan fingerprint density at radius 1 is 0.919 bits per heavy atom. The van der Waals surface area contributed by atoms with Gasteiger partial charge in [0.15, 0.2) is 0 Å². The molecule has 0 saturated carbocycles. The number of carbonyl (C=O) groups is 3. The topological polar surface area (TPSA) is 136 Å². The molecule has 37 heavy (non-hydrogen) atoms. The highest BCUT2D eigenvalue weighted by Gasteiger charge is 2.21. The van der Waals surface area contributed by atoms with Gasteiger partial charge in [-0.05, 0) is 19.8 Å². The Kier molecular flexibility index (Phi) is 20.5. The van der Waals surface area contributed by atoms with Gasteiger partial charge >= 0.3 is 5.97 Å². The van der Waals surface area contributed by atoms with Gasteiger partial charge in [-0.2, -0.15) is 0 Å². The van der Waals surface area contributed by atoms with Gasteiger partial charge in [0.2, 0.25) is 11.8 Å². The van der Waals surface area contributed by atoms with Crippen LogP contribution in [0.3, 0.4) is 0 Å². The van der Waals surface area contributed by atoms with Crippen LogP contribution in [0.5, 0.6) is 0 Å². The fraction of sp³-hybridized carbons (Fsp3) is 0.552. The van der Waals surface area contributed by atoms with Crippen molar-refractivity contribution in [2.75, 3.05) is 13.1 Å². The molecular weight excluding hydrogens is 472 g/mol. The maximum atomic E-state index is 12.2. The number of aliphatic carboxylic acids is 1. The van der Waals surface area contributed by atoms with Gasteiger partial charge in [0.25, 0.3) is 0 Å². The first-order chi connectivity index (χ1) is 17.7. The summed E-state index contributed by atoms with van der Waals surface area (Å²) in [5.74, 6) is -2.26. The minimum atomic E-state index is -1.01.